The Balaban J connectivity index is 1.47. The Morgan fingerprint density at radius 2 is 1.76 bits per heavy atom. The Kier molecular flexibility index (Phi) is 7.72. The average molecular weight is 550 g/mol. The van der Waals surface area contributed by atoms with Gasteiger partial charge in [-0.05, 0) is 37.4 Å². The van der Waals surface area contributed by atoms with Gasteiger partial charge >= 0.3 is 0 Å². The first-order chi connectivity index (χ1) is 18.3. The maximum atomic E-state index is 13.0. The largest absolute Gasteiger partial charge is 0.494 e. The number of rotatable bonds is 6. The molecule has 1 aliphatic heterocycles. The number of aromatic hydroxyl groups is 1. The van der Waals surface area contributed by atoms with Crippen LogP contribution >= 0.6 is 23.2 Å². The minimum Gasteiger partial charge on any atom is -0.494 e. The summed E-state index contributed by atoms with van der Waals surface area (Å²) >= 11 is 12.8. The first kappa shape index (κ1) is 26.3. The average Bonchev–Trinajstić information content (AvgIpc) is 3.23. The van der Waals surface area contributed by atoms with Gasteiger partial charge in [-0.15, -0.1) is 0 Å². The summed E-state index contributed by atoms with van der Waals surface area (Å²) in [5.41, 5.74) is 3.92. The number of H-pyrrole nitrogens is 1. The van der Waals surface area contributed by atoms with Crippen LogP contribution in [-0.2, 0) is 4.79 Å². The van der Waals surface area contributed by atoms with Crippen molar-refractivity contribution in [1.29, 1.82) is 0 Å². The summed E-state index contributed by atoms with van der Waals surface area (Å²) in [7, 11) is 3.83. The monoisotopic (exact) mass is 549 g/mol. The minimum atomic E-state index is -0.0138. The molecule has 1 amide bonds. The highest BCUT2D eigenvalue weighted by Crippen LogP contribution is 2.34. The predicted molar refractivity (Wildman–Crippen MR) is 156 cm³/mol. The topological polar surface area (TPSA) is 75.2 Å². The molecule has 196 valence electrons. The fourth-order valence-electron chi connectivity index (χ4n) is 4.66. The summed E-state index contributed by atoms with van der Waals surface area (Å²) in [6, 6.07) is 20.4. The van der Waals surface area contributed by atoms with Gasteiger partial charge in [0.2, 0.25) is 5.91 Å². The number of benzene rings is 3. The zero-order valence-corrected chi connectivity index (χ0v) is 22.8. The van der Waals surface area contributed by atoms with Gasteiger partial charge in [0.25, 0.3) is 0 Å². The smallest absolute Gasteiger partial charge is 0.240 e. The lowest BCUT2D eigenvalue weighted by atomic mass is 10.0. The number of piperazine rings is 1. The number of fused-ring (bicyclic) bond motifs is 1. The van der Waals surface area contributed by atoms with Crippen molar-refractivity contribution < 1.29 is 9.90 Å². The van der Waals surface area contributed by atoms with Gasteiger partial charge in [0.15, 0.2) is 5.88 Å². The molecule has 2 N–H and O–H groups in total. The van der Waals surface area contributed by atoms with E-state index in [2.05, 4.69) is 21.8 Å². The van der Waals surface area contributed by atoms with E-state index in [1.165, 1.54) is 0 Å². The van der Waals surface area contributed by atoms with E-state index in [0.29, 0.717) is 44.8 Å². The number of halogens is 2. The summed E-state index contributed by atoms with van der Waals surface area (Å²) in [5, 5.41) is 12.6. The molecule has 0 unspecified atom stereocenters. The summed E-state index contributed by atoms with van der Waals surface area (Å²) in [4.78, 5) is 26.9. The van der Waals surface area contributed by atoms with Crippen molar-refractivity contribution >= 4 is 57.1 Å². The molecule has 5 rings (SSSR count). The second-order valence-corrected chi connectivity index (χ2v) is 10.4. The fourth-order valence-corrected chi connectivity index (χ4v) is 5.13. The number of amides is 1. The number of carbonyl (C=O) groups excluding carboxylic acids is 1. The van der Waals surface area contributed by atoms with Crippen LogP contribution in [-0.4, -0.2) is 78.3 Å². The van der Waals surface area contributed by atoms with Crippen LogP contribution in [0.5, 0.6) is 5.88 Å². The molecule has 0 aliphatic carbocycles. The van der Waals surface area contributed by atoms with Crippen LogP contribution in [0.25, 0.3) is 10.9 Å². The third kappa shape index (κ3) is 5.56. The van der Waals surface area contributed by atoms with Crippen LogP contribution in [0.2, 0.25) is 10.0 Å². The molecule has 0 atom stereocenters. The van der Waals surface area contributed by atoms with Gasteiger partial charge < -0.3 is 19.9 Å². The third-order valence-electron chi connectivity index (χ3n) is 6.89. The molecule has 0 spiro atoms. The van der Waals surface area contributed by atoms with Crippen LogP contribution in [0.4, 0.5) is 11.4 Å². The molecule has 2 heterocycles. The lowest BCUT2D eigenvalue weighted by Crippen LogP contribution is -2.48. The molecule has 0 radical (unpaired) electrons. The first-order valence-corrected chi connectivity index (χ1v) is 13.2. The van der Waals surface area contributed by atoms with Crippen molar-refractivity contribution in [2.24, 2.45) is 4.99 Å². The third-order valence-corrected chi connectivity index (χ3v) is 7.43. The Labute approximate surface area is 231 Å². The van der Waals surface area contributed by atoms with E-state index in [1.807, 2.05) is 42.5 Å². The number of hydrogen-bond donors (Lipinski definition) is 2. The highest BCUT2D eigenvalue weighted by Gasteiger charge is 2.22. The number of aromatic amines is 1. The number of nitrogens with zero attached hydrogens (tertiary/aromatic N) is 4. The maximum Gasteiger partial charge on any atom is 0.240 e. The number of nitrogens with one attached hydrogen (secondary N) is 1. The fraction of sp³-hybridized carbons (Fsp3) is 0.241. The molecule has 0 bridgehead atoms. The molecule has 4 aromatic rings. The van der Waals surface area contributed by atoms with E-state index in [9.17, 15) is 9.90 Å². The Morgan fingerprint density at radius 1 is 1.03 bits per heavy atom. The highest BCUT2D eigenvalue weighted by molar-refractivity contribution is 6.34. The van der Waals surface area contributed by atoms with Crippen molar-refractivity contribution in [3.8, 4) is 5.88 Å². The minimum absolute atomic E-state index is 0.00169. The molecule has 1 fully saturated rings. The van der Waals surface area contributed by atoms with E-state index < -0.39 is 0 Å². The Bertz CT molecular complexity index is 1490. The van der Waals surface area contributed by atoms with Crippen LogP contribution in [0.1, 0.15) is 11.1 Å². The Morgan fingerprint density at radius 3 is 2.47 bits per heavy atom. The summed E-state index contributed by atoms with van der Waals surface area (Å²) in [6.45, 7) is 3.99. The molecule has 1 aliphatic rings. The van der Waals surface area contributed by atoms with Gasteiger partial charge in [-0.3, -0.25) is 9.69 Å². The summed E-state index contributed by atoms with van der Waals surface area (Å²) < 4.78 is 0. The van der Waals surface area contributed by atoms with Crippen molar-refractivity contribution in [1.82, 2.24) is 14.8 Å². The quantitative estimate of drug-likeness (QED) is 0.309. The van der Waals surface area contributed by atoms with Crippen LogP contribution in [0, 0.1) is 0 Å². The SMILES string of the molecule is CN1CCN(CC(=O)N(C)c2ccc(N=C(c3ccccc3)c3c(O)[nH]c4cc(Cl)ccc34)cc2Cl)CC1. The van der Waals surface area contributed by atoms with Crippen LogP contribution in [0.15, 0.2) is 71.7 Å². The van der Waals surface area contributed by atoms with Crippen LogP contribution in [0.3, 0.4) is 0 Å². The van der Waals surface area contributed by atoms with Gasteiger partial charge in [-0.2, -0.15) is 0 Å². The lowest BCUT2D eigenvalue weighted by Gasteiger charge is -2.32. The van der Waals surface area contributed by atoms with E-state index in [4.69, 9.17) is 28.2 Å². The van der Waals surface area contributed by atoms with Gasteiger partial charge in [0, 0.05) is 49.2 Å². The number of hydrogen-bond acceptors (Lipinski definition) is 5. The zero-order valence-electron chi connectivity index (χ0n) is 21.3. The number of carbonyl (C=O) groups is 1. The number of aliphatic imine (C=N–C) groups is 1. The molecule has 7 nitrogen and oxygen atoms in total. The second-order valence-electron chi connectivity index (χ2n) is 9.53. The van der Waals surface area contributed by atoms with E-state index in [0.717, 1.165) is 37.1 Å². The zero-order chi connectivity index (χ0) is 26.8. The van der Waals surface area contributed by atoms with Crippen LogP contribution < -0.4 is 4.90 Å². The van der Waals surface area contributed by atoms with Crippen molar-refractivity contribution in [2.45, 2.75) is 0 Å². The molecule has 1 aromatic heterocycles. The second kappa shape index (κ2) is 11.2. The maximum absolute atomic E-state index is 13.0. The van der Waals surface area contributed by atoms with Crippen molar-refractivity contribution in [3.05, 3.63) is 87.9 Å². The lowest BCUT2D eigenvalue weighted by molar-refractivity contribution is -0.119. The molecule has 1 saturated heterocycles. The van der Waals surface area contributed by atoms with Crippen molar-refractivity contribution in [3.63, 3.8) is 0 Å². The molecular formula is C29H29Cl2N5O2. The molecule has 0 saturated carbocycles. The number of aromatic nitrogens is 1. The van der Waals surface area contributed by atoms with E-state index in [-0.39, 0.29) is 11.8 Å². The highest BCUT2D eigenvalue weighted by atomic mass is 35.5. The molecule has 3 aromatic carbocycles. The van der Waals surface area contributed by atoms with Gasteiger partial charge in [0.1, 0.15) is 0 Å². The van der Waals surface area contributed by atoms with Gasteiger partial charge in [0.05, 0.1) is 39.7 Å². The number of anilines is 1. The van der Waals surface area contributed by atoms with Crippen molar-refractivity contribution in [2.75, 3.05) is 51.7 Å². The number of likely N-dealkylation sites (N-methyl/N-ethyl adjacent to an activating group) is 2. The van der Waals surface area contributed by atoms with Gasteiger partial charge in [-0.1, -0.05) is 59.6 Å². The molecule has 38 heavy (non-hydrogen) atoms. The molecular weight excluding hydrogens is 521 g/mol. The standard InChI is InChI=1S/C29H29Cl2N5O2/c1-34-12-14-36(15-13-34)18-26(37)35(2)25-11-9-21(17-23(25)31)32-28(19-6-4-3-5-7-19)27-22-10-8-20(30)16-24(22)33-29(27)38/h3-11,16-17,33,38H,12-15,18H2,1-2H3. The van der Waals surface area contributed by atoms with Gasteiger partial charge in [-0.25, -0.2) is 4.99 Å². The Hall–Kier alpha value is -3.36. The normalized spacial score (nSPS) is 15.2. The van der Waals surface area contributed by atoms with E-state index >= 15 is 0 Å². The van der Waals surface area contributed by atoms with E-state index in [1.54, 1.807) is 36.2 Å². The summed E-state index contributed by atoms with van der Waals surface area (Å²) in [5.74, 6) is -0.0122. The first-order valence-electron chi connectivity index (χ1n) is 12.4. The predicted octanol–water partition coefficient (Wildman–Crippen LogP) is 5.56. The molecule has 9 heteroatoms. The summed E-state index contributed by atoms with van der Waals surface area (Å²) in [6.07, 6.45) is 0.